The van der Waals surface area contributed by atoms with Crippen molar-refractivity contribution in [1.82, 2.24) is 9.59 Å². The van der Waals surface area contributed by atoms with Gasteiger partial charge in [-0.3, -0.25) is 0 Å². The lowest BCUT2D eigenvalue weighted by atomic mass is 10.1. The molecule has 0 bridgehead atoms. The summed E-state index contributed by atoms with van der Waals surface area (Å²) >= 11 is 1.21. The predicted octanol–water partition coefficient (Wildman–Crippen LogP) is 3.48. The summed E-state index contributed by atoms with van der Waals surface area (Å²) in [5, 5.41) is 8.49. The molecule has 1 aromatic carbocycles. The first-order valence-electron chi connectivity index (χ1n) is 5.14. The van der Waals surface area contributed by atoms with Crippen LogP contribution >= 0.6 is 11.5 Å². The van der Waals surface area contributed by atoms with E-state index in [0.29, 0.717) is 17.9 Å². The largest absolute Gasteiger partial charge is 0.416 e. The molecule has 96 valence electrons. The molecular formula is C11H10F3N3S. The second kappa shape index (κ2) is 4.93. The quantitative estimate of drug-likeness (QED) is 0.930. The van der Waals surface area contributed by atoms with Gasteiger partial charge in [0.15, 0.2) is 0 Å². The molecule has 0 aliphatic rings. The molecule has 18 heavy (non-hydrogen) atoms. The molecule has 2 aromatic rings. The second-order valence-corrected chi connectivity index (χ2v) is 4.39. The smallest absolute Gasteiger partial charge is 0.379 e. The lowest BCUT2D eigenvalue weighted by Gasteiger charge is -2.12. The highest BCUT2D eigenvalue weighted by atomic mass is 32.1. The van der Waals surface area contributed by atoms with Crippen LogP contribution in [0, 0.1) is 6.92 Å². The fraction of sp³-hybridized carbons (Fsp3) is 0.273. The van der Waals surface area contributed by atoms with Crippen LogP contribution in [0.4, 0.5) is 18.9 Å². The van der Waals surface area contributed by atoms with E-state index >= 15 is 0 Å². The standard InChI is InChI=1S/C11H10F3N3S/c1-7-2-3-8(11(12,13)14)4-10(7)15-5-9-6-18-17-16-9/h2-4,6,15H,5H2,1H3. The molecule has 0 spiro atoms. The van der Waals surface area contributed by atoms with Gasteiger partial charge < -0.3 is 5.32 Å². The molecule has 0 atom stereocenters. The number of halogens is 3. The Hall–Kier alpha value is -1.63. The van der Waals surface area contributed by atoms with Crippen LogP contribution in [0.1, 0.15) is 16.8 Å². The Morgan fingerprint density at radius 3 is 2.72 bits per heavy atom. The van der Waals surface area contributed by atoms with Gasteiger partial charge in [0.05, 0.1) is 17.8 Å². The van der Waals surface area contributed by atoms with Crippen LogP contribution < -0.4 is 5.32 Å². The van der Waals surface area contributed by atoms with Crippen molar-refractivity contribution in [1.29, 1.82) is 0 Å². The summed E-state index contributed by atoms with van der Waals surface area (Å²) in [6, 6.07) is 3.63. The molecule has 0 amide bonds. The normalized spacial score (nSPS) is 11.6. The van der Waals surface area contributed by atoms with Crippen molar-refractivity contribution in [3.63, 3.8) is 0 Å². The fourth-order valence-electron chi connectivity index (χ4n) is 1.44. The van der Waals surface area contributed by atoms with Gasteiger partial charge in [0, 0.05) is 11.1 Å². The van der Waals surface area contributed by atoms with Crippen molar-refractivity contribution >= 4 is 17.2 Å². The third kappa shape index (κ3) is 2.98. The minimum Gasteiger partial charge on any atom is -0.379 e. The number of aromatic nitrogens is 2. The van der Waals surface area contributed by atoms with Crippen LogP contribution in [0.5, 0.6) is 0 Å². The van der Waals surface area contributed by atoms with Crippen molar-refractivity contribution in [2.45, 2.75) is 19.6 Å². The first-order chi connectivity index (χ1) is 8.47. The van der Waals surface area contributed by atoms with Crippen LogP contribution in [0.15, 0.2) is 23.6 Å². The van der Waals surface area contributed by atoms with Crippen molar-refractivity contribution in [2.24, 2.45) is 0 Å². The van der Waals surface area contributed by atoms with Gasteiger partial charge in [0.25, 0.3) is 0 Å². The fourth-order valence-corrected chi connectivity index (χ4v) is 1.89. The van der Waals surface area contributed by atoms with E-state index in [4.69, 9.17) is 0 Å². The van der Waals surface area contributed by atoms with E-state index in [2.05, 4.69) is 14.9 Å². The van der Waals surface area contributed by atoms with E-state index in [9.17, 15) is 13.2 Å². The second-order valence-electron chi connectivity index (χ2n) is 3.78. The van der Waals surface area contributed by atoms with Crippen molar-refractivity contribution in [2.75, 3.05) is 5.32 Å². The number of nitrogens with zero attached hydrogens (tertiary/aromatic N) is 2. The number of benzene rings is 1. The van der Waals surface area contributed by atoms with Crippen molar-refractivity contribution in [3.05, 3.63) is 40.4 Å². The van der Waals surface area contributed by atoms with Gasteiger partial charge in [-0.1, -0.05) is 10.6 Å². The molecule has 1 heterocycles. The van der Waals surface area contributed by atoms with Crippen LogP contribution in [-0.4, -0.2) is 9.59 Å². The average Bonchev–Trinajstić information content (AvgIpc) is 2.79. The Balaban J connectivity index is 2.16. The Bertz CT molecular complexity index is 523. The Morgan fingerprint density at radius 2 is 2.11 bits per heavy atom. The topological polar surface area (TPSA) is 37.8 Å². The first kappa shape index (κ1) is 12.8. The summed E-state index contributed by atoms with van der Waals surface area (Å²) < 4.78 is 41.4. The third-order valence-electron chi connectivity index (χ3n) is 2.43. The SMILES string of the molecule is Cc1ccc(C(F)(F)F)cc1NCc1csnn1. The molecule has 1 aromatic heterocycles. The monoisotopic (exact) mass is 273 g/mol. The number of anilines is 1. The summed E-state index contributed by atoms with van der Waals surface area (Å²) in [6.07, 6.45) is -4.33. The number of nitrogens with one attached hydrogen (secondary N) is 1. The lowest BCUT2D eigenvalue weighted by Crippen LogP contribution is -2.07. The van der Waals surface area contributed by atoms with Crippen molar-refractivity contribution in [3.8, 4) is 0 Å². The first-order valence-corrected chi connectivity index (χ1v) is 5.98. The van der Waals surface area contributed by atoms with Crippen molar-refractivity contribution < 1.29 is 13.2 Å². The van der Waals surface area contributed by atoms with Gasteiger partial charge in [0.2, 0.25) is 0 Å². The zero-order chi connectivity index (χ0) is 13.2. The highest BCUT2D eigenvalue weighted by Crippen LogP contribution is 2.32. The van der Waals surface area contributed by atoms with Crippen LogP contribution in [0.2, 0.25) is 0 Å². The summed E-state index contributed by atoms with van der Waals surface area (Å²) in [5.74, 6) is 0. The summed E-state index contributed by atoms with van der Waals surface area (Å²) in [4.78, 5) is 0. The number of aryl methyl sites for hydroxylation is 1. The maximum absolute atomic E-state index is 12.6. The molecule has 0 unspecified atom stereocenters. The molecule has 0 radical (unpaired) electrons. The zero-order valence-corrected chi connectivity index (χ0v) is 10.3. The Morgan fingerprint density at radius 1 is 1.33 bits per heavy atom. The maximum Gasteiger partial charge on any atom is 0.416 e. The average molecular weight is 273 g/mol. The van der Waals surface area contributed by atoms with E-state index in [-0.39, 0.29) is 0 Å². The van der Waals surface area contributed by atoms with E-state index in [0.717, 1.165) is 17.7 Å². The van der Waals surface area contributed by atoms with E-state index in [1.54, 1.807) is 12.3 Å². The Kier molecular flexibility index (Phi) is 3.51. The van der Waals surface area contributed by atoms with Crippen LogP contribution in [-0.2, 0) is 12.7 Å². The molecule has 0 saturated heterocycles. The minimum absolute atomic E-state index is 0.360. The van der Waals surface area contributed by atoms with Gasteiger partial charge in [0.1, 0.15) is 0 Å². The Labute approximate surface area is 106 Å². The molecule has 0 saturated carbocycles. The van der Waals surface area contributed by atoms with Gasteiger partial charge in [-0.25, -0.2) is 0 Å². The highest BCUT2D eigenvalue weighted by Gasteiger charge is 2.30. The lowest BCUT2D eigenvalue weighted by molar-refractivity contribution is -0.137. The molecule has 1 N–H and O–H groups in total. The van der Waals surface area contributed by atoms with Gasteiger partial charge in [-0.15, -0.1) is 5.10 Å². The zero-order valence-electron chi connectivity index (χ0n) is 9.45. The predicted molar refractivity (Wildman–Crippen MR) is 63.4 cm³/mol. The van der Waals surface area contributed by atoms with E-state index in [1.165, 1.54) is 17.6 Å². The molecule has 2 rings (SSSR count). The molecule has 7 heteroatoms. The number of hydrogen-bond donors (Lipinski definition) is 1. The molecule has 0 aliphatic carbocycles. The number of rotatable bonds is 3. The molecule has 0 aliphatic heterocycles. The molecule has 3 nitrogen and oxygen atoms in total. The third-order valence-corrected chi connectivity index (χ3v) is 2.98. The highest BCUT2D eigenvalue weighted by molar-refractivity contribution is 7.03. The van der Waals surface area contributed by atoms with Gasteiger partial charge >= 0.3 is 6.18 Å². The summed E-state index contributed by atoms with van der Waals surface area (Å²) in [5.41, 5.74) is 1.26. The van der Waals surface area contributed by atoms with Crippen LogP contribution in [0.3, 0.4) is 0 Å². The number of alkyl halides is 3. The molecular weight excluding hydrogens is 263 g/mol. The van der Waals surface area contributed by atoms with Crippen LogP contribution in [0.25, 0.3) is 0 Å². The number of hydrogen-bond acceptors (Lipinski definition) is 4. The van der Waals surface area contributed by atoms with Gasteiger partial charge in [-0.05, 0) is 36.2 Å². The summed E-state index contributed by atoms with van der Waals surface area (Å²) in [7, 11) is 0. The molecule has 0 fully saturated rings. The van der Waals surface area contributed by atoms with Gasteiger partial charge in [-0.2, -0.15) is 13.2 Å². The maximum atomic E-state index is 12.6. The van der Waals surface area contributed by atoms with E-state index < -0.39 is 11.7 Å². The minimum atomic E-state index is -4.33. The summed E-state index contributed by atoms with van der Waals surface area (Å²) in [6.45, 7) is 2.11. The van der Waals surface area contributed by atoms with E-state index in [1.807, 2.05) is 0 Å².